The number of hydrogen-bond acceptors (Lipinski definition) is 3. The van der Waals surface area contributed by atoms with Crippen molar-refractivity contribution < 1.29 is 4.21 Å². The minimum atomic E-state index is -1.26. The van der Waals surface area contributed by atoms with Crippen LogP contribution in [0.2, 0.25) is 0 Å². The molecule has 0 unspecified atom stereocenters. The highest BCUT2D eigenvalue weighted by atomic mass is 32.2. The molecule has 0 N–H and O–H groups in total. The van der Waals surface area contributed by atoms with Crippen molar-refractivity contribution in [3.8, 4) is 0 Å². The normalized spacial score (nSPS) is 14.2. The molecule has 20 heavy (non-hydrogen) atoms. The number of rotatable bonds is 4. The molecule has 2 aromatic heterocycles. The average molecular weight is 292 g/mol. The molecule has 0 aliphatic carbocycles. The molecule has 5 nitrogen and oxygen atoms in total. The predicted molar refractivity (Wildman–Crippen MR) is 83.3 cm³/mol. The van der Waals surface area contributed by atoms with E-state index in [0.717, 1.165) is 23.9 Å². The smallest absolute Gasteiger partial charge is 0.144 e. The highest BCUT2D eigenvalue weighted by molar-refractivity contribution is 7.85. The monoisotopic (exact) mass is 292 g/mol. The van der Waals surface area contributed by atoms with Gasteiger partial charge in [-0.15, -0.1) is 0 Å². The van der Waals surface area contributed by atoms with Gasteiger partial charge in [-0.1, -0.05) is 6.92 Å². The Kier molecular flexibility index (Phi) is 4.32. The average Bonchev–Trinajstić information content (AvgIpc) is 2.78. The first kappa shape index (κ1) is 14.8. The molecule has 2 heterocycles. The molecule has 0 aliphatic rings. The molecule has 2 rings (SSSR count). The van der Waals surface area contributed by atoms with E-state index in [9.17, 15) is 4.21 Å². The molecule has 0 amide bonds. The van der Waals surface area contributed by atoms with E-state index in [0.29, 0.717) is 5.69 Å². The maximum absolute atomic E-state index is 11.9. The van der Waals surface area contributed by atoms with Crippen molar-refractivity contribution in [2.75, 3.05) is 0 Å². The van der Waals surface area contributed by atoms with Crippen LogP contribution in [0.1, 0.15) is 39.8 Å². The topological polar surface area (TPSA) is 60.1 Å². The Hall–Kier alpha value is -1.56. The van der Waals surface area contributed by atoms with E-state index < -0.39 is 11.0 Å². The molecule has 0 aromatic carbocycles. The lowest BCUT2D eigenvalue weighted by Crippen LogP contribution is -2.19. The third-order valence-electron chi connectivity index (χ3n) is 2.79. The molecular weight excluding hydrogens is 272 g/mol. The number of pyridine rings is 1. The lowest BCUT2D eigenvalue weighted by molar-refractivity contribution is 0.622. The van der Waals surface area contributed by atoms with Gasteiger partial charge < -0.3 is 0 Å². The number of fused-ring (bicyclic) bond motifs is 1. The summed E-state index contributed by atoms with van der Waals surface area (Å²) in [6.07, 6.45) is 6.21. The molecule has 1 atom stereocenters. The minimum absolute atomic E-state index is 0.355. The first-order valence-electron chi connectivity index (χ1n) is 6.69. The summed E-state index contributed by atoms with van der Waals surface area (Å²) in [6, 6.07) is 1.91. The number of aryl methyl sites for hydroxylation is 1. The van der Waals surface area contributed by atoms with E-state index in [-0.39, 0.29) is 4.75 Å². The molecule has 0 radical (unpaired) electrons. The Morgan fingerprint density at radius 1 is 1.40 bits per heavy atom. The van der Waals surface area contributed by atoms with Crippen molar-refractivity contribution in [1.29, 1.82) is 0 Å². The SMILES string of the molecule is CCCn1ncc2cc(/C=N/[S@](=O)C(C)(C)C)ncc21. The molecular formula is C14H20N4OS. The van der Waals surface area contributed by atoms with Gasteiger partial charge in [0.25, 0.3) is 0 Å². The number of hydrogen-bond donors (Lipinski definition) is 0. The zero-order valence-electron chi connectivity index (χ0n) is 12.3. The van der Waals surface area contributed by atoms with E-state index in [1.54, 1.807) is 12.4 Å². The Balaban J connectivity index is 2.25. The molecule has 0 saturated heterocycles. The van der Waals surface area contributed by atoms with Crippen LogP contribution in [0.15, 0.2) is 22.9 Å². The van der Waals surface area contributed by atoms with Gasteiger partial charge in [0.1, 0.15) is 11.0 Å². The third-order valence-corrected chi connectivity index (χ3v) is 4.13. The van der Waals surface area contributed by atoms with Gasteiger partial charge in [-0.25, -0.2) is 4.21 Å². The summed E-state index contributed by atoms with van der Waals surface area (Å²) < 4.78 is 17.5. The van der Waals surface area contributed by atoms with Crippen LogP contribution in [0.25, 0.3) is 10.9 Å². The fraction of sp³-hybridized carbons (Fsp3) is 0.500. The first-order valence-corrected chi connectivity index (χ1v) is 7.80. The molecule has 0 aliphatic heterocycles. The molecule has 0 bridgehead atoms. The summed E-state index contributed by atoms with van der Waals surface area (Å²) >= 11 is 0. The Bertz CT molecular complexity index is 655. The van der Waals surface area contributed by atoms with Crippen molar-refractivity contribution in [1.82, 2.24) is 14.8 Å². The highest BCUT2D eigenvalue weighted by Crippen LogP contribution is 2.15. The lowest BCUT2D eigenvalue weighted by Gasteiger charge is -2.12. The van der Waals surface area contributed by atoms with Crippen LogP contribution < -0.4 is 0 Å². The molecule has 0 fully saturated rings. The lowest BCUT2D eigenvalue weighted by atomic mass is 10.3. The maximum atomic E-state index is 11.9. The van der Waals surface area contributed by atoms with E-state index in [4.69, 9.17) is 0 Å². The standard InChI is InChI=1S/C14H20N4OS/c1-5-6-18-13-10-15-12(7-11(13)8-16-18)9-17-20(19)14(2,3)4/h7-10H,5-6H2,1-4H3/b17-9+/t20-/m1/s1. The van der Waals surface area contributed by atoms with Gasteiger partial charge in [0, 0.05) is 11.9 Å². The first-order chi connectivity index (χ1) is 9.41. The summed E-state index contributed by atoms with van der Waals surface area (Å²) in [5.41, 5.74) is 1.71. The van der Waals surface area contributed by atoms with Crippen LogP contribution in [-0.4, -0.2) is 29.9 Å². The van der Waals surface area contributed by atoms with Crippen molar-refractivity contribution in [3.05, 3.63) is 24.2 Å². The molecule has 0 saturated carbocycles. The zero-order chi connectivity index (χ0) is 14.8. The van der Waals surface area contributed by atoms with Gasteiger partial charge in [-0.2, -0.15) is 9.50 Å². The van der Waals surface area contributed by atoms with Crippen LogP contribution in [0.4, 0.5) is 0 Å². The summed E-state index contributed by atoms with van der Waals surface area (Å²) in [7, 11) is -1.26. The fourth-order valence-electron chi connectivity index (χ4n) is 1.71. The second-order valence-corrected chi connectivity index (χ2v) is 7.57. The van der Waals surface area contributed by atoms with Gasteiger partial charge in [-0.05, 0) is 33.3 Å². The van der Waals surface area contributed by atoms with Crippen molar-refractivity contribution in [3.63, 3.8) is 0 Å². The Morgan fingerprint density at radius 2 is 2.15 bits per heavy atom. The van der Waals surface area contributed by atoms with Crippen LogP contribution >= 0.6 is 0 Å². The van der Waals surface area contributed by atoms with Gasteiger partial charge in [0.15, 0.2) is 0 Å². The van der Waals surface area contributed by atoms with Crippen LogP contribution in [0.3, 0.4) is 0 Å². The number of aromatic nitrogens is 3. The summed E-state index contributed by atoms with van der Waals surface area (Å²) in [4.78, 5) is 4.33. The maximum Gasteiger partial charge on any atom is 0.144 e. The fourth-order valence-corrected chi connectivity index (χ4v) is 2.23. The van der Waals surface area contributed by atoms with E-state index in [1.807, 2.05) is 37.7 Å². The summed E-state index contributed by atoms with van der Waals surface area (Å²) in [5, 5.41) is 5.36. The second kappa shape index (κ2) is 5.83. The summed E-state index contributed by atoms with van der Waals surface area (Å²) in [6.45, 7) is 8.68. The van der Waals surface area contributed by atoms with E-state index >= 15 is 0 Å². The van der Waals surface area contributed by atoms with Gasteiger partial charge in [0.05, 0.1) is 34.6 Å². The Morgan fingerprint density at radius 3 is 2.80 bits per heavy atom. The van der Waals surface area contributed by atoms with Crippen LogP contribution in [0, 0.1) is 0 Å². The quantitative estimate of drug-likeness (QED) is 0.814. The Labute approximate surface area is 121 Å². The zero-order valence-corrected chi connectivity index (χ0v) is 13.1. The van der Waals surface area contributed by atoms with Gasteiger partial charge in [-0.3, -0.25) is 9.67 Å². The second-order valence-electron chi connectivity index (χ2n) is 5.63. The van der Waals surface area contributed by atoms with E-state index in [1.165, 1.54) is 0 Å². The van der Waals surface area contributed by atoms with Gasteiger partial charge in [0.2, 0.25) is 0 Å². The molecule has 2 aromatic rings. The number of nitrogens with zero attached hydrogens (tertiary/aromatic N) is 4. The van der Waals surface area contributed by atoms with Crippen molar-refractivity contribution in [2.45, 2.75) is 45.4 Å². The molecule has 108 valence electrons. The minimum Gasteiger partial charge on any atom is -0.263 e. The summed E-state index contributed by atoms with van der Waals surface area (Å²) in [5.74, 6) is 0. The molecule has 0 spiro atoms. The van der Waals surface area contributed by atoms with Crippen molar-refractivity contribution in [2.24, 2.45) is 4.40 Å². The van der Waals surface area contributed by atoms with Crippen LogP contribution in [0.5, 0.6) is 0 Å². The van der Waals surface area contributed by atoms with Crippen molar-refractivity contribution >= 4 is 28.1 Å². The van der Waals surface area contributed by atoms with Gasteiger partial charge >= 0.3 is 0 Å². The largest absolute Gasteiger partial charge is 0.263 e. The predicted octanol–water partition coefficient (Wildman–Crippen LogP) is 2.72. The highest BCUT2D eigenvalue weighted by Gasteiger charge is 2.18. The third kappa shape index (κ3) is 3.30. The molecule has 6 heteroatoms. The van der Waals surface area contributed by atoms with Crippen LogP contribution in [-0.2, 0) is 17.5 Å². The van der Waals surface area contributed by atoms with E-state index in [2.05, 4.69) is 21.4 Å².